The quantitative estimate of drug-likeness (QED) is 0.880. The molecule has 84 valence electrons. The fourth-order valence-electron chi connectivity index (χ4n) is 1.33. The fourth-order valence-corrected chi connectivity index (χ4v) is 2.47. The molecule has 0 unspecified atom stereocenters. The monoisotopic (exact) mass is 351 g/mol. The van der Waals surface area contributed by atoms with E-state index in [1.54, 1.807) is 18.5 Å². The Kier molecular flexibility index (Phi) is 3.77. The summed E-state index contributed by atoms with van der Waals surface area (Å²) in [7, 11) is 0. The third-order valence-corrected chi connectivity index (χ3v) is 3.29. The Morgan fingerprint density at radius 1 is 1.18 bits per heavy atom. The Morgan fingerprint density at radius 3 is 2.71 bits per heavy atom. The molecule has 0 aliphatic rings. The Balaban J connectivity index is 2.35. The van der Waals surface area contributed by atoms with Crippen molar-refractivity contribution in [3.8, 4) is 6.07 Å². The molecule has 17 heavy (non-hydrogen) atoms. The lowest BCUT2D eigenvalue weighted by Crippen LogP contribution is -1.95. The van der Waals surface area contributed by atoms with Gasteiger partial charge in [-0.3, -0.25) is 4.98 Å². The van der Waals surface area contributed by atoms with Crippen LogP contribution in [0.1, 0.15) is 5.56 Å². The molecular weight excluding hydrogens is 346 g/mol. The molecule has 0 fully saturated rings. The third-order valence-electron chi connectivity index (χ3n) is 2.14. The highest BCUT2D eigenvalue weighted by molar-refractivity contribution is 9.11. The number of aromatic nitrogens is 1. The molecule has 1 heterocycles. The lowest BCUT2D eigenvalue weighted by Gasteiger charge is -2.09. The van der Waals surface area contributed by atoms with E-state index in [4.69, 9.17) is 5.26 Å². The van der Waals surface area contributed by atoms with Crippen LogP contribution in [0.4, 0.5) is 11.4 Å². The summed E-state index contributed by atoms with van der Waals surface area (Å²) in [6.45, 7) is 0. The summed E-state index contributed by atoms with van der Waals surface area (Å²) < 4.78 is 1.90. The largest absolute Gasteiger partial charge is 0.352 e. The fraction of sp³-hybridized carbons (Fsp3) is 0. The molecule has 1 N–H and O–H groups in total. The van der Waals surface area contributed by atoms with Crippen molar-refractivity contribution >= 4 is 43.2 Å². The Labute approximate surface area is 116 Å². The van der Waals surface area contributed by atoms with Crippen molar-refractivity contribution in [1.29, 1.82) is 5.26 Å². The van der Waals surface area contributed by atoms with Gasteiger partial charge in [-0.15, -0.1) is 0 Å². The van der Waals surface area contributed by atoms with Gasteiger partial charge >= 0.3 is 0 Å². The molecule has 0 aliphatic heterocycles. The number of nitrogens with zero attached hydrogens (tertiary/aromatic N) is 2. The Hall–Kier alpha value is -1.38. The molecule has 3 nitrogen and oxygen atoms in total. The van der Waals surface area contributed by atoms with Crippen LogP contribution in [-0.4, -0.2) is 4.98 Å². The normalized spacial score (nSPS) is 9.71. The SMILES string of the molecule is N#Cc1ccncc1Nc1ccc(Br)cc1Br. The third kappa shape index (κ3) is 2.84. The van der Waals surface area contributed by atoms with Crippen LogP contribution >= 0.6 is 31.9 Å². The zero-order valence-electron chi connectivity index (χ0n) is 8.61. The van der Waals surface area contributed by atoms with Crippen LogP contribution in [0.5, 0.6) is 0 Å². The number of nitrogens with one attached hydrogen (secondary N) is 1. The average Bonchev–Trinajstić information content (AvgIpc) is 2.33. The van der Waals surface area contributed by atoms with Gasteiger partial charge in [-0.05, 0) is 40.2 Å². The van der Waals surface area contributed by atoms with Gasteiger partial charge in [0, 0.05) is 15.1 Å². The van der Waals surface area contributed by atoms with Crippen LogP contribution in [0, 0.1) is 11.3 Å². The molecule has 2 rings (SSSR count). The van der Waals surface area contributed by atoms with Crippen molar-refractivity contribution in [2.24, 2.45) is 0 Å². The van der Waals surface area contributed by atoms with E-state index in [9.17, 15) is 0 Å². The first kappa shape index (κ1) is 12.1. The summed E-state index contributed by atoms with van der Waals surface area (Å²) in [6.07, 6.45) is 3.23. The zero-order valence-corrected chi connectivity index (χ0v) is 11.8. The minimum absolute atomic E-state index is 0.565. The lowest BCUT2D eigenvalue weighted by molar-refractivity contribution is 1.30. The van der Waals surface area contributed by atoms with E-state index in [2.05, 4.69) is 48.2 Å². The molecule has 0 bridgehead atoms. The molecule has 0 saturated heterocycles. The summed E-state index contributed by atoms with van der Waals surface area (Å²) in [5.74, 6) is 0. The van der Waals surface area contributed by atoms with Crippen LogP contribution in [0.15, 0.2) is 45.6 Å². The highest BCUT2D eigenvalue weighted by atomic mass is 79.9. The molecule has 0 radical (unpaired) electrons. The van der Waals surface area contributed by atoms with Crippen molar-refractivity contribution in [3.63, 3.8) is 0 Å². The van der Waals surface area contributed by atoms with Gasteiger partial charge in [-0.25, -0.2) is 0 Å². The Morgan fingerprint density at radius 2 is 2.00 bits per heavy atom. The summed E-state index contributed by atoms with van der Waals surface area (Å²) in [4.78, 5) is 4.00. The van der Waals surface area contributed by atoms with Gasteiger partial charge in [0.2, 0.25) is 0 Å². The maximum absolute atomic E-state index is 8.97. The molecule has 0 saturated carbocycles. The van der Waals surface area contributed by atoms with E-state index < -0.39 is 0 Å². The smallest absolute Gasteiger partial charge is 0.101 e. The number of nitriles is 1. The van der Waals surface area contributed by atoms with E-state index in [1.165, 1.54) is 0 Å². The first-order valence-electron chi connectivity index (χ1n) is 4.77. The second kappa shape index (κ2) is 5.30. The first-order chi connectivity index (χ1) is 8.20. The lowest BCUT2D eigenvalue weighted by atomic mass is 10.2. The van der Waals surface area contributed by atoms with Crippen LogP contribution in [0.25, 0.3) is 0 Å². The van der Waals surface area contributed by atoms with Gasteiger partial charge in [-0.1, -0.05) is 15.9 Å². The second-order valence-corrected chi connectivity index (χ2v) is 5.05. The molecule has 0 spiro atoms. The molecule has 0 amide bonds. The predicted molar refractivity (Wildman–Crippen MR) is 74.1 cm³/mol. The molecular formula is C12H7Br2N3. The van der Waals surface area contributed by atoms with Gasteiger partial charge in [0.1, 0.15) is 6.07 Å². The number of halogens is 2. The summed E-state index contributed by atoms with van der Waals surface area (Å²) >= 11 is 6.84. The van der Waals surface area contributed by atoms with Gasteiger partial charge < -0.3 is 5.32 Å². The number of rotatable bonds is 2. The maximum Gasteiger partial charge on any atom is 0.101 e. The topological polar surface area (TPSA) is 48.7 Å². The summed E-state index contributed by atoms with van der Waals surface area (Å²) in [6, 6.07) is 9.58. The highest BCUT2D eigenvalue weighted by Gasteiger charge is 2.04. The van der Waals surface area contributed by atoms with Crippen LogP contribution in [0.3, 0.4) is 0 Å². The molecule has 1 aromatic heterocycles. The van der Waals surface area contributed by atoms with Gasteiger partial charge in [0.15, 0.2) is 0 Å². The van der Waals surface area contributed by atoms with Gasteiger partial charge in [0.25, 0.3) is 0 Å². The summed E-state index contributed by atoms with van der Waals surface area (Å²) in [5.41, 5.74) is 2.14. The van der Waals surface area contributed by atoms with Crippen molar-refractivity contribution < 1.29 is 0 Å². The Bertz CT molecular complexity index is 591. The average molecular weight is 353 g/mol. The van der Waals surface area contributed by atoms with E-state index >= 15 is 0 Å². The van der Waals surface area contributed by atoms with Crippen LogP contribution in [-0.2, 0) is 0 Å². The van der Waals surface area contributed by atoms with E-state index in [-0.39, 0.29) is 0 Å². The minimum atomic E-state index is 0.565. The number of anilines is 2. The predicted octanol–water partition coefficient (Wildman–Crippen LogP) is 4.22. The van der Waals surface area contributed by atoms with E-state index in [0.717, 1.165) is 14.6 Å². The van der Waals surface area contributed by atoms with Crippen molar-refractivity contribution in [2.45, 2.75) is 0 Å². The van der Waals surface area contributed by atoms with Gasteiger partial charge in [0.05, 0.1) is 23.1 Å². The van der Waals surface area contributed by atoms with Crippen LogP contribution in [0.2, 0.25) is 0 Å². The van der Waals surface area contributed by atoms with E-state index in [1.807, 2.05) is 18.2 Å². The molecule has 1 aromatic carbocycles. The number of benzene rings is 1. The second-order valence-electron chi connectivity index (χ2n) is 3.28. The van der Waals surface area contributed by atoms with Crippen molar-refractivity contribution in [3.05, 3.63) is 51.2 Å². The van der Waals surface area contributed by atoms with Gasteiger partial charge in [-0.2, -0.15) is 5.26 Å². The number of hydrogen-bond acceptors (Lipinski definition) is 3. The van der Waals surface area contributed by atoms with E-state index in [0.29, 0.717) is 11.3 Å². The first-order valence-corrected chi connectivity index (χ1v) is 6.35. The molecule has 2 aromatic rings. The van der Waals surface area contributed by atoms with Crippen molar-refractivity contribution in [2.75, 3.05) is 5.32 Å². The summed E-state index contributed by atoms with van der Waals surface area (Å²) in [5, 5.41) is 12.1. The molecule has 5 heteroatoms. The number of hydrogen-bond donors (Lipinski definition) is 1. The van der Waals surface area contributed by atoms with Crippen molar-refractivity contribution in [1.82, 2.24) is 4.98 Å². The standard InChI is InChI=1S/C12H7Br2N3/c13-9-1-2-11(10(14)5-9)17-12-7-16-4-3-8(12)6-15/h1-5,7,17H. The maximum atomic E-state index is 8.97. The minimum Gasteiger partial charge on any atom is -0.352 e. The molecule has 0 aliphatic carbocycles. The highest BCUT2D eigenvalue weighted by Crippen LogP contribution is 2.29. The molecule has 0 atom stereocenters. The van der Waals surface area contributed by atoms with Crippen LogP contribution < -0.4 is 5.32 Å². The zero-order chi connectivity index (χ0) is 12.3. The number of pyridine rings is 1.